The number of benzene rings is 1. The number of carbonyl (C=O) groups excluding carboxylic acids is 1. The summed E-state index contributed by atoms with van der Waals surface area (Å²) < 4.78 is 5.39. The van der Waals surface area contributed by atoms with Gasteiger partial charge in [-0.15, -0.1) is 0 Å². The average molecular weight is 520 g/mol. The zero-order chi connectivity index (χ0) is 24.7. The van der Waals surface area contributed by atoms with Crippen molar-refractivity contribution in [3.8, 4) is 5.75 Å². The first-order valence-electron chi connectivity index (χ1n) is 12.9. The van der Waals surface area contributed by atoms with E-state index in [2.05, 4.69) is 21.6 Å². The first kappa shape index (κ1) is 26.5. The molecule has 192 valence electrons. The number of thioether (sulfide) groups is 1. The number of ether oxygens (including phenoxy) is 1. The van der Waals surface area contributed by atoms with Gasteiger partial charge in [-0.1, -0.05) is 24.4 Å². The Morgan fingerprint density at radius 2 is 2.06 bits per heavy atom. The van der Waals surface area contributed by atoms with Crippen molar-refractivity contribution < 1.29 is 14.7 Å². The molecular weight excluding hydrogens is 482 g/mol. The SMILES string of the molecule is COc1ccc2ncc(Cl)c(CCCC3(C(=O)NO)CCN(CCCSC4CCCC4)CC3)c2c1. The van der Waals surface area contributed by atoms with E-state index in [-0.39, 0.29) is 5.91 Å². The molecular formula is C27H38ClN3O3S. The molecule has 2 N–H and O–H groups in total. The van der Waals surface area contributed by atoms with Crippen LogP contribution in [0.25, 0.3) is 10.9 Å². The Balaban J connectivity index is 1.32. The van der Waals surface area contributed by atoms with Gasteiger partial charge in [0, 0.05) is 16.8 Å². The molecule has 0 bridgehead atoms. The van der Waals surface area contributed by atoms with Gasteiger partial charge in [0.15, 0.2) is 0 Å². The van der Waals surface area contributed by atoms with Gasteiger partial charge in [0.2, 0.25) is 5.91 Å². The van der Waals surface area contributed by atoms with Gasteiger partial charge in [-0.05, 0) is 101 Å². The molecule has 35 heavy (non-hydrogen) atoms. The van der Waals surface area contributed by atoms with Crippen molar-refractivity contribution in [2.45, 2.75) is 69.5 Å². The Kier molecular flexibility index (Phi) is 9.56. The van der Waals surface area contributed by atoms with Gasteiger partial charge in [-0.3, -0.25) is 15.0 Å². The van der Waals surface area contributed by atoms with Crippen molar-refractivity contribution in [3.05, 3.63) is 35.0 Å². The van der Waals surface area contributed by atoms with Crippen LogP contribution in [0.5, 0.6) is 5.75 Å². The highest BCUT2D eigenvalue weighted by Crippen LogP contribution is 2.38. The highest BCUT2D eigenvalue weighted by molar-refractivity contribution is 7.99. The Morgan fingerprint density at radius 1 is 1.29 bits per heavy atom. The monoisotopic (exact) mass is 519 g/mol. The van der Waals surface area contributed by atoms with Crippen molar-refractivity contribution in [1.29, 1.82) is 0 Å². The lowest BCUT2D eigenvalue weighted by Crippen LogP contribution is -2.48. The summed E-state index contributed by atoms with van der Waals surface area (Å²) in [6.07, 6.45) is 12.3. The molecule has 0 atom stereocenters. The number of rotatable bonds is 11. The normalized spacial score (nSPS) is 18.7. The fourth-order valence-corrected chi connectivity index (χ4v) is 7.23. The van der Waals surface area contributed by atoms with Crippen LogP contribution >= 0.6 is 23.4 Å². The van der Waals surface area contributed by atoms with Crippen LogP contribution in [-0.2, 0) is 11.2 Å². The predicted octanol–water partition coefficient (Wildman–Crippen LogP) is 5.87. The molecule has 8 heteroatoms. The van der Waals surface area contributed by atoms with Gasteiger partial charge in [-0.25, -0.2) is 5.48 Å². The smallest absolute Gasteiger partial charge is 0.249 e. The van der Waals surface area contributed by atoms with Gasteiger partial charge < -0.3 is 9.64 Å². The number of pyridine rings is 1. The number of likely N-dealkylation sites (tertiary alicyclic amines) is 1. The number of hydrogen-bond donors (Lipinski definition) is 2. The number of aromatic nitrogens is 1. The molecule has 1 aromatic carbocycles. The van der Waals surface area contributed by atoms with E-state index in [1.54, 1.807) is 13.3 Å². The van der Waals surface area contributed by atoms with Gasteiger partial charge >= 0.3 is 0 Å². The minimum Gasteiger partial charge on any atom is -0.497 e. The first-order valence-corrected chi connectivity index (χ1v) is 14.4. The fraction of sp³-hybridized carbons (Fsp3) is 0.630. The second-order valence-corrected chi connectivity index (χ2v) is 11.8. The number of hydroxylamine groups is 1. The lowest BCUT2D eigenvalue weighted by Gasteiger charge is -2.40. The third-order valence-corrected chi connectivity index (χ3v) is 9.68. The molecule has 1 aromatic heterocycles. The van der Waals surface area contributed by atoms with Crippen LogP contribution in [-0.4, -0.2) is 58.7 Å². The summed E-state index contributed by atoms with van der Waals surface area (Å²) in [6, 6.07) is 5.81. The number of piperidine rings is 1. The third kappa shape index (κ3) is 6.62. The molecule has 0 unspecified atom stereocenters. The van der Waals surface area contributed by atoms with E-state index in [0.717, 1.165) is 79.2 Å². The van der Waals surface area contributed by atoms with Crippen molar-refractivity contribution in [1.82, 2.24) is 15.4 Å². The number of nitrogens with one attached hydrogen (secondary N) is 1. The minimum atomic E-state index is -0.531. The number of nitrogens with zero attached hydrogens (tertiary/aromatic N) is 2. The van der Waals surface area contributed by atoms with E-state index in [4.69, 9.17) is 16.3 Å². The van der Waals surface area contributed by atoms with E-state index >= 15 is 0 Å². The van der Waals surface area contributed by atoms with Crippen molar-refractivity contribution in [2.24, 2.45) is 5.41 Å². The van der Waals surface area contributed by atoms with Crippen LogP contribution in [0.4, 0.5) is 0 Å². The Hall–Kier alpha value is -1.54. The summed E-state index contributed by atoms with van der Waals surface area (Å²) in [5.41, 5.74) is 3.35. The van der Waals surface area contributed by atoms with Crippen LogP contribution in [0.1, 0.15) is 63.4 Å². The summed E-state index contributed by atoms with van der Waals surface area (Å²) in [4.78, 5) is 19.7. The predicted molar refractivity (Wildman–Crippen MR) is 144 cm³/mol. The molecule has 4 rings (SSSR count). The van der Waals surface area contributed by atoms with E-state index in [0.29, 0.717) is 5.02 Å². The van der Waals surface area contributed by atoms with Crippen LogP contribution in [0, 0.1) is 5.41 Å². The number of methoxy groups -OCH3 is 1. The molecule has 0 radical (unpaired) electrons. The second-order valence-electron chi connectivity index (χ2n) is 10.0. The molecule has 1 saturated carbocycles. The molecule has 6 nitrogen and oxygen atoms in total. The summed E-state index contributed by atoms with van der Waals surface area (Å²) in [6.45, 7) is 2.90. The highest BCUT2D eigenvalue weighted by Gasteiger charge is 2.40. The van der Waals surface area contributed by atoms with Gasteiger partial charge in [-0.2, -0.15) is 11.8 Å². The molecule has 2 heterocycles. The van der Waals surface area contributed by atoms with Crippen molar-refractivity contribution >= 4 is 40.2 Å². The van der Waals surface area contributed by atoms with Crippen LogP contribution in [0.2, 0.25) is 5.02 Å². The maximum absolute atomic E-state index is 12.8. The molecule has 1 amide bonds. The van der Waals surface area contributed by atoms with Crippen molar-refractivity contribution in [2.75, 3.05) is 32.5 Å². The summed E-state index contributed by atoms with van der Waals surface area (Å²) >= 11 is 8.68. The number of hydrogen-bond acceptors (Lipinski definition) is 6. The van der Waals surface area contributed by atoms with E-state index in [1.807, 2.05) is 23.7 Å². The van der Waals surface area contributed by atoms with Crippen LogP contribution in [0.15, 0.2) is 24.4 Å². The average Bonchev–Trinajstić information content (AvgIpc) is 3.41. The zero-order valence-electron chi connectivity index (χ0n) is 20.7. The molecule has 2 aliphatic rings. The first-order chi connectivity index (χ1) is 17.0. The van der Waals surface area contributed by atoms with E-state index < -0.39 is 5.41 Å². The number of carbonyl (C=O) groups is 1. The fourth-order valence-electron chi connectivity index (χ4n) is 5.69. The lowest BCUT2D eigenvalue weighted by molar-refractivity contribution is -0.143. The molecule has 1 aliphatic heterocycles. The summed E-state index contributed by atoms with van der Waals surface area (Å²) in [5.74, 6) is 1.75. The lowest BCUT2D eigenvalue weighted by atomic mass is 9.73. The summed E-state index contributed by atoms with van der Waals surface area (Å²) in [7, 11) is 1.65. The second kappa shape index (κ2) is 12.6. The topological polar surface area (TPSA) is 74.7 Å². The quantitative estimate of drug-likeness (QED) is 0.219. The largest absolute Gasteiger partial charge is 0.497 e. The molecule has 2 aromatic rings. The maximum Gasteiger partial charge on any atom is 0.249 e. The Bertz CT molecular complexity index is 991. The zero-order valence-corrected chi connectivity index (χ0v) is 22.3. The van der Waals surface area contributed by atoms with Gasteiger partial charge in [0.25, 0.3) is 0 Å². The molecule has 1 saturated heterocycles. The van der Waals surface area contributed by atoms with Crippen LogP contribution in [0.3, 0.4) is 0 Å². The third-order valence-electron chi connectivity index (χ3n) is 7.89. The Labute approximate surface area is 218 Å². The highest BCUT2D eigenvalue weighted by atomic mass is 35.5. The summed E-state index contributed by atoms with van der Waals surface area (Å²) in [5, 5.41) is 12.0. The van der Waals surface area contributed by atoms with Gasteiger partial charge in [0.1, 0.15) is 5.75 Å². The minimum absolute atomic E-state index is 0.249. The van der Waals surface area contributed by atoms with E-state index in [1.165, 1.54) is 37.9 Å². The van der Waals surface area contributed by atoms with Gasteiger partial charge in [0.05, 0.1) is 23.1 Å². The molecule has 2 fully saturated rings. The molecule has 1 aliphatic carbocycles. The number of amides is 1. The maximum atomic E-state index is 12.8. The standard InChI is InChI=1S/C27H38ClN3O3S/c1-34-20-9-10-25-23(18-20)22(24(28)19-29-25)8-4-11-27(26(32)30-33)12-15-31(16-13-27)14-5-17-35-21-6-2-3-7-21/h9-10,18-19,21,33H,2-8,11-17H2,1H3,(H,30,32). The van der Waals surface area contributed by atoms with E-state index in [9.17, 15) is 10.0 Å². The number of fused-ring (bicyclic) bond motifs is 1. The number of aryl methyl sites for hydroxylation is 1. The Morgan fingerprint density at radius 3 is 2.77 bits per heavy atom. The molecule has 0 spiro atoms. The van der Waals surface area contributed by atoms with Crippen molar-refractivity contribution in [3.63, 3.8) is 0 Å². The van der Waals surface area contributed by atoms with Crippen LogP contribution < -0.4 is 10.2 Å². The number of halogens is 1.